The highest BCUT2D eigenvalue weighted by Crippen LogP contribution is 2.30. The van der Waals surface area contributed by atoms with Crippen molar-refractivity contribution in [1.82, 2.24) is 9.29 Å². The standard InChI is InChI=1S/C14H23ClN2O2S/c1-7-17(20(18)14(3,4)5)10(2)12-8-11(15)13(19-6)9-16-12/h8-10H,7H2,1-6H3/t10-,20?/m1/s1. The van der Waals surface area contributed by atoms with Crippen molar-refractivity contribution in [3.63, 3.8) is 0 Å². The van der Waals surface area contributed by atoms with Crippen LogP contribution in [0.15, 0.2) is 12.3 Å². The van der Waals surface area contributed by atoms with Crippen LogP contribution in [0.25, 0.3) is 0 Å². The summed E-state index contributed by atoms with van der Waals surface area (Å²) in [5, 5.41) is 0.516. The molecule has 0 aliphatic rings. The summed E-state index contributed by atoms with van der Waals surface area (Å²) < 4.78 is 19.3. The summed E-state index contributed by atoms with van der Waals surface area (Å²) in [5.41, 5.74) is 0.787. The zero-order chi connectivity index (χ0) is 15.5. The molecule has 114 valence electrons. The van der Waals surface area contributed by atoms with Crippen LogP contribution in [0.3, 0.4) is 0 Å². The molecule has 2 atom stereocenters. The maximum Gasteiger partial charge on any atom is 0.155 e. The van der Waals surface area contributed by atoms with Gasteiger partial charge in [0.2, 0.25) is 0 Å². The Kier molecular flexibility index (Phi) is 5.98. The second kappa shape index (κ2) is 6.87. The van der Waals surface area contributed by atoms with Crippen LogP contribution >= 0.6 is 11.6 Å². The molecule has 0 N–H and O–H groups in total. The Morgan fingerprint density at radius 3 is 2.50 bits per heavy atom. The van der Waals surface area contributed by atoms with Gasteiger partial charge in [-0.3, -0.25) is 4.98 Å². The minimum atomic E-state index is -1.10. The molecule has 0 saturated carbocycles. The summed E-state index contributed by atoms with van der Waals surface area (Å²) in [6, 6.07) is 1.69. The fourth-order valence-electron chi connectivity index (χ4n) is 1.85. The number of hydrogen-bond donors (Lipinski definition) is 0. The fourth-order valence-corrected chi connectivity index (χ4v) is 3.42. The highest BCUT2D eigenvalue weighted by atomic mass is 35.5. The molecule has 0 radical (unpaired) electrons. The van der Waals surface area contributed by atoms with Gasteiger partial charge in [0.1, 0.15) is 11.0 Å². The Hall–Kier alpha value is -0.650. The maximum absolute atomic E-state index is 12.6. The summed E-state index contributed by atoms with van der Waals surface area (Å²) in [6.45, 7) is 10.5. The lowest BCUT2D eigenvalue weighted by Crippen LogP contribution is -2.39. The molecule has 1 unspecified atom stereocenters. The van der Waals surface area contributed by atoms with Gasteiger partial charge in [-0.15, -0.1) is 0 Å². The molecule has 1 aromatic heterocycles. The third-order valence-electron chi connectivity index (χ3n) is 2.97. The molecular formula is C14H23ClN2O2S. The summed E-state index contributed by atoms with van der Waals surface area (Å²) in [7, 11) is 0.454. The van der Waals surface area contributed by atoms with Crippen molar-refractivity contribution in [1.29, 1.82) is 0 Å². The van der Waals surface area contributed by atoms with Crippen molar-refractivity contribution in [2.75, 3.05) is 13.7 Å². The molecule has 4 nitrogen and oxygen atoms in total. The summed E-state index contributed by atoms with van der Waals surface area (Å²) in [4.78, 5) is 4.36. The first-order chi connectivity index (χ1) is 9.22. The van der Waals surface area contributed by atoms with E-state index in [4.69, 9.17) is 16.3 Å². The number of aromatic nitrogens is 1. The number of hydrogen-bond acceptors (Lipinski definition) is 3. The van der Waals surface area contributed by atoms with Crippen LogP contribution in [0.5, 0.6) is 5.75 Å². The van der Waals surface area contributed by atoms with Gasteiger partial charge in [-0.2, -0.15) is 0 Å². The molecule has 0 bridgehead atoms. The minimum Gasteiger partial charge on any atom is -0.494 e. The largest absolute Gasteiger partial charge is 0.494 e. The van der Waals surface area contributed by atoms with E-state index in [0.29, 0.717) is 17.3 Å². The van der Waals surface area contributed by atoms with E-state index in [2.05, 4.69) is 4.98 Å². The van der Waals surface area contributed by atoms with E-state index >= 15 is 0 Å². The summed E-state index contributed by atoms with van der Waals surface area (Å²) in [5.74, 6) is 0.544. The quantitative estimate of drug-likeness (QED) is 0.833. The number of rotatable bonds is 5. The van der Waals surface area contributed by atoms with Gasteiger partial charge in [-0.05, 0) is 33.8 Å². The van der Waals surface area contributed by atoms with Gasteiger partial charge < -0.3 is 4.74 Å². The van der Waals surface area contributed by atoms with Gasteiger partial charge >= 0.3 is 0 Å². The molecule has 1 heterocycles. The first-order valence-electron chi connectivity index (χ1n) is 6.60. The molecule has 1 rings (SSSR count). The van der Waals surface area contributed by atoms with E-state index in [-0.39, 0.29) is 10.8 Å². The van der Waals surface area contributed by atoms with Crippen LogP contribution in [-0.4, -0.2) is 31.9 Å². The van der Waals surface area contributed by atoms with E-state index in [0.717, 1.165) is 5.69 Å². The Balaban J connectivity index is 3.05. The highest BCUT2D eigenvalue weighted by Gasteiger charge is 2.29. The monoisotopic (exact) mass is 318 g/mol. The molecule has 0 aliphatic carbocycles. The average molecular weight is 319 g/mol. The van der Waals surface area contributed by atoms with Gasteiger partial charge in [0, 0.05) is 6.54 Å². The number of halogens is 1. The number of nitrogens with zero attached hydrogens (tertiary/aromatic N) is 2. The summed E-state index contributed by atoms with van der Waals surface area (Å²) in [6.07, 6.45) is 1.60. The van der Waals surface area contributed by atoms with Crippen molar-refractivity contribution in [2.45, 2.75) is 45.4 Å². The topological polar surface area (TPSA) is 42.4 Å². The third kappa shape index (κ3) is 3.93. The Morgan fingerprint density at radius 1 is 1.50 bits per heavy atom. The Labute approximate surface area is 129 Å². The molecular weight excluding hydrogens is 296 g/mol. The fraction of sp³-hybridized carbons (Fsp3) is 0.643. The number of methoxy groups -OCH3 is 1. The van der Waals surface area contributed by atoms with Gasteiger partial charge in [0.05, 0.1) is 34.8 Å². The molecule has 0 aromatic carbocycles. The SMILES string of the molecule is CCN([C@H](C)c1cc(Cl)c(OC)cn1)S(=O)C(C)(C)C. The van der Waals surface area contributed by atoms with Crippen molar-refractivity contribution < 1.29 is 8.95 Å². The molecule has 0 spiro atoms. The van der Waals surface area contributed by atoms with E-state index in [1.807, 2.05) is 38.9 Å². The minimum absolute atomic E-state index is 0.0801. The van der Waals surface area contributed by atoms with Crippen LogP contribution < -0.4 is 4.74 Å². The van der Waals surface area contributed by atoms with Gasteiger partial charge in [-0.1, -0.05) is 18.5 Å². The van der Waals surface area contributed by atoms with Crippen LogP contribution in [0.2, 0.25) is 5.02 Å². The molecule has 0 saturated heterocycles. The highest BCUT2D eigenvalue weighted by molar-refractivity contribution is 7.84. The predicted molar refractivity (Wildman–Crippen MR) is 84.5 cm³/mol. The molecule has 0 amide bonds. The Bertz CT molecular complexity index is 489. The zero-order valence-corrected chi connectivity index (χ0v) is 14.5. The lowest BCUT2D eigenvalue weighted by Gasteiger charge is -2.32. The predicted octanol–water partition coefficient (Wildman–Crippen LogP) is 3.59. The lowest BCUT2D eigenvalue weighted by atomic mass is 10.2. The molecule has 20 heavy (non-hydrogen) atoms. The van der Waals surface area contributed by atoms with Crippen molar-refractivity contribution in [2.24, 2.45) is 0 Å². The van der Waals surface area contributed by atoms with Crippen molar-refractivity contribution >= 4 is 22.6 Å². The molecule has 0 aliphatic heterocycles. The van der Waals surface area contributed by atoms with E-state index < -0.39 is 11.0 Å². The number of ether oxygens (including phenoxy) is 1. The van der Waals surface area contributed by atoms with E-state index in [1.165, 1.54) is 0 Å². The van der Waals surface area contributed by atoms with E-state index in [1.54, 1.807) is 19.4 Å². The average Bonchev–Trinajstić information content (AvgIpc) is 2.38. The number of pyridine rings is 1. The second-order valence-electron chi connectivity index (χ2n) is 5.51. The smallest absolute Gasteiger partial charge is 0.155 e. The lowest BCUT2D eigenvalue weighted by molar-refractivity contribution is 0.364. The van der Waals surface area contributed by atoms with Crippen molar-refractivity contribution in [3.05, 3.63) is 23.0 Å². The normalized spacial score (nSPS) is 15.2. The molecule has 6 heteroatoms. The van der Waals surface area contributed by atoms with E-state index in [9.17, 15) is 4.21 Å². The van der Waals surface area contributed by atoms with Crippen LogP contribution in [0.1, 0.15) is 46.4 Å². The second-order valence-corrected chi connectivity index (χ2v) is 8.11. The van der Waals surface area contributed by atoms with Crippen LogP contribution in [0, 0.1) is 0 Å². The van der Waals surface area contributed by atoms with Gasteiger partial charge in [0.15, 0.2) is 5.75 Å². The molecule has 0 fully saturated rings. The maximum atomic E-state index is 12.6. The van der Waals surface area contributed by atoms with Crippen molar-refractivity contribution in [3.8, 4) is 5.75 Å². The third-order valence-corrected chi connectivity index (χ3v) is 5.31. The van der Waals surface area contributed by atoms with Gasteiger partial charge in [-0.25, -0.2) is 8.51 Å². The first-order valence-corrected chi connectivity index (χ1v) is 8.08. The first kappa shape index (κ1) is 17.4. The molecule has 1 aromatic rings. The summed E-state index contributed by atoms with van der Waals surface area (Å²) >= 11 is 6.13. The zero-order valence-electron chi connectivity index (χ0n) is 12.9. The van der Waals surface area contributed by atoms with Crippen LogP contribution in [-0.2, 0) is 11.0 Å². The van der Waals surface area contributed by atoms with Gasteiger partial charge in [0.25, 0.3) is 0 Å². The van der Waals surface area contributed by atoms with Crippen LogP contribution in [0.4, 0.5) is 0 Å². The Morgan fingerprint density at radius 2 is 2.10 bits per heavy atom.